The van der Waals surface area contributed by atoms with E-state index < -0.39 is 16.8 Å². The number of anilines is 2. The Morgan fingerprint density at radius 1 is 1.11 bits per heavy atom. The summed E-state index contributed by atoms with van der Waals surface area (Å²) >= 11 is 0. The zero-order chi connectivity index (χ0) is 20.3. The fourth-order valence-electron chi connectivity index (χ4n) is 3.28. The van der Waals surface area contributed by atoms with Gasteiger partial charge in [0.05, 0.1) is 17.6 Å². The number of hydrogen-bond acceptors (Lipinski definition) is 6. The van der Waals surface area contributed by atoms with E-state index in [2.05, 4.69) is 10.1 Å². The molecule has 0 radical (unpaired) electrons. The molecule has 2 aromatic carbocycles. The van der Waals surface area contributed by atoms with Crippen LogP contribution < -0.4 is 10.2 Å². The summed E-state index contributed by atoms with van der Waals surface area (Å²) < 4.78 is 4.68. The second-order valence-corrected chi connectivity index (χ2v) is 6.63. The number of amides is 1. The molecule has 0 aromatic heterocycles. The minimum Gasteiger partial charge on any atom is -0.465 e. The quantitative estimate of drug-likeness (QED) is 0.481. The second-order valence-electron chi connectivity index (χ2n) is 6.63. The average Bonchev–Trinajstić information content (AvgIpc) is 3.22. The van der Waals surface area contributed by atoms with E-state index in [0.717, 1.165) is 25.9 Å². The van der Waals surface area contributed by atoms with Gasteiger partial charge in [-0.1, -0.05) is 0 Å². The molecule has 1 heterocycles. The topological polar surface area (TPSA) is 102 Å². The van der Waals surface area contributed by atoms with Gasteiger partial charge in [-0.05, 0) is 55.7 Å². The molecule has 0 aliphatic carbocycles. The van der Waals surface area contributed by atoms with E-state index >= 15 is 0 Å². The zero-order valence-electron chi connectivity index (χ0n) is 15.7. The number of hydrogen-bond donors (Lipinski definition) is 1. The van der Waals surface area contributed by atoms with Crippen molar-refractivity contribution in [2.75, 3.05) is 30.4 Å². The van der Waals surface area contributed by atoms with Crippen molar-refractivity contribution in [3.8, 4) is 0 Å². The second kappa shape index (κ2) is 8.08. The van der Waals surface area contributed by atoms with Crippen LogP contribution in [0.4, 0.5) is 17.1 Å². The maximum atomic E-state index is 12.6. The van der Waals surface area contributed by atoms with Gasteiger partial charge in [-0.3, -0.25) is 14.9 Å². The number of nitrogens with zero attached hydrogens (tertiary/aromatic N) is 2. The van der Waals surface area contributed by atoms with Crippen LogP contribution in [0.2, 0.25) is 0 Å². The van der Waals surface area contributed by atoms with Gasteiger partial charge >= 0.3 is 5.97 Å². The third kappa shape index (κ3) is 3.95. The first kappa shape index (κ1) is 19.3. The van der Waals surface area contributed by atoms with Crippen molar-refractivity contribution < 1.29 is 19.2 Å². The summed E-state index contributed by atoms with van der Waals surface area (Å²) in [7, 11) is 1.30. The molecule has 1 amide bonds. The maximum absolute atomic E-state index is 12.6. The summed E-state index contributed by atoms with van der Waals surface area (Å²) in [6, 6.07) is 9.29. The lowest BCUT2D eigenvalue weighted by atomic mass is 10.1. The van der Waals surface area contributed by atoms with Crippen molar-refractivity contribution in [1.29, 1.82) is 0 Å². The third-order valence-corrected chi connectivity index (χ3v) is 4.78. The fraction of sp³-hybridized carbons (Fsp3) is 0.300. The number of nitro benzene ring substituents is 1. The molecule has 0 unspecified atom stereocenters. The predicted molar refractivity (Wildman–Crippen MR) is 105 cm³/mol. The minimum absolute atomic E-state index is 0.0766. The van der Waals surface area contributed by atoms with Gasteiger partial charge in [-0.15, -0.1) is 0 Å². The Bertz CT molecular complexity index is 935. The van der Waals surface area contributed by atoms with E-state index in [0.29, 0.717) is 22.5 Å². The Balaban J connectivity index is 1.83. The molecule has 8 nitrogen and oxygen atoms in total. The van der Waals surface area contributed by atoms with Gasteiger partial charge < -0.3 is 15.0 Å². The van der Waals surface area contributed by atoms with Gasteiger partial charge in [0.25, 0.3) is 11.6 Å². The summed E-state index contributed by atoms with van der Waals surface area (Å²) in [6.45, 7) is 3.30. The Morgan fingerprint density at radius 3 is 2.39 bits per heavy atom. The fourth-order valence-corrected chi connectivity index (χ4v) is 3.28. The van der Waals surface area contributed by atoms with Crippen LogP contribution in [0, 0.1) is 17.0 Å². The molecule has 1 saturated heterocycles. The lowest BCUT2D eigenvalue weighted by molar-refractivity contribution is -0.384. The maximum Gasteiger partial charge on any atom is 0.337 e. The SMILES string of the molecule is COC(=O)c1ccc(NC(=O)c2ccc(N3CCCC3)c([N+](=O)[O-])c2)c(C)c1. The van der Waals surface area contributed by atoms with Crippen LogP contribution >= 0.6 is 0 Å². The van der Waals surface area contributed by atoms with Gasteiger partial charge in [-0.2, -0.15) is 0 Å². The summed E-state index contributed by atoms with van der Waals surface area (Å²) in [6.07, 6.45) is 2.00. The van der Waals surface area contributed by atoms with Crippen LogP contribution in [0.15, 0.2) is 36.4 Å². The monoisotopic (exact) mass is 383 g/mol. The van der Waals surface area contributed by atoms with Gasteiger partial charge in [0.15, 0.2) is 0 Å². The smallest absolute Gasteiger partial charge is 0.337 e. The highest BCUT2D eigenvalue weighted by molar-refractivity contribution is 6.05. The molecule has 1 aliphatic heterocycles. The molecule has 146 valence electrons. The molecule has 0 spiro atoms. The standard InChI is InChI=1S/C20H21N3O5/c1-13-11-15(20(25)28-2)5-7-16(13)21-19(24)14-6-8-17(18(12-14)23(26)27)22-9-3-4-10-22/h5-8,11-12H,3-4,9-10H2,1-2H3,(H,21,24). The van der Waals surface area contributed by atoms with Crippen molar-refractivity contribution in [1.82, 2.24) is 0 Å². The number of carbonyl (C=O) groups excluding carboxylic acids is 2. The number of methoxy groups -OCH3 is 1. The number of benzene rings is 2. The van der Waals surface area contributed by atoms with Gasteiger partial charge in [0, 0.05) is 30.4 Å². The lowest BCUT2D eigenvalue weighted by Crippen LogP contribution is -2.20. The molecule has 3 rings (SSSR count). The third-order valence-electron chi connectivity index (χ3n) is 4.78. The molecule has 0 bridgehead atoms. The molecule has 28 heavy (non-hydrogen) atoms. The van der Waals surface area contributed by atoms with Crippen molar-refractivity contribution in [2.24, 2.45) is 0 Å². The Hall–Kier alpha value is -3.42. The number of esters is 1. The number of ether oxygens (including phenoxy) is 1. The molecule has 1 aliphatic rings. The number of rotatable bonds is 5. The first-order valence-corrected chi connectivity index (χ1v) is 8.94. The van der Waals surface area contributed by atoms with Gasteiger partial charge in [-0.25, -0.2) is 4.79 Å². The lowest BCUT2D eigenvalue weighted by Gasteiger charge is -2.18. The first-order chi connectivity index (χ1) is 13.4. The molecule has 1 fully saturated rings. The van der Waals surface area contributed by atoms with Crippen molar-refractivity contribution in [2.45, 2.75) is 19.8 Å². The minimum atomic E-state index is -0.464. The first-order valence-electron chi connectivity index (χ1n) is 8.94. The van der Waals surface area contributed by atoms with Crippen molar-refractivity contribution >= 4 is 28.9 Å². The number of carbonyl (C=O) groups is 2. The Labute approximate surface area is 162 Å². The average molecular weight is 383 g/mol. The highest BCUT2D eigenvalue weighted by Crippen LogP contribution is 2.32. The molecule has 8 heteroatoms. The van der Waals surface area contributed by atoms with Crippen LogP contribution in [-0.4, -0.2) is 37.0 Å². The van der Waals surface area contributed by atoms with E-state index in [4.69, 9.17) is 0 Å². The molecular formula is C20H21N3O5. The molecule has 1 N–H and O–H groups in total. The van der Waals surface area contributed by atoms with Crippen LogP contribution in [0.3, 0.4) is 0 Å². The number of nitro groups is 1. The van der Waals surface area contributed by atoms with E-state index in [1.165, 1.54) is 13.2 Å². The Kier molecular flexibility index (Phi) is 5.58. The van der Waals surface area contributed by atoms with Crippen molar-refractivity contribution in [3.63, 3.8) is 0 Å². The van der Waals surface area contributed by atoms with E-state index in [1.807, 2.05) is 4.90 Å². The largest absolute Gasteiger partial charge is 0.465 e. The highest BCUT2D eigenvalue weighted by Gasteiger charge is 2.24. The number of nitrogens with one attached hydrogen (secondary N) is 1. The molecule has 0 saturated carbocycles. The summed E-state index contributed by atoms with van der Waals surface area (Å²) in [5, 5.41) is 14.2. The van der Waals surface area contributed by atoms with Crippen LogP contribution in [-0.2, 0) is 4.74 Å². The summed E-state index contributed by atoms with van der Waals surface area (Å²) in [4.78, 5) is 37.2. The van der Waals surface area contributed by atoms with E-state index in [1.54, 1.807) is 37.3 Å². The predicted octanol–water partition coefficient (Wildman–Crippen LogP) is 3.54. The molecule has 0 atom stereocenters. The molecular weight excluding hydrogens is 362 g/mol. The summed E-state index contributed by atoms with van der Waals surface area (Å²) in [5.41, 5.74) is 2.24. The van der Waals surface area contributed by atoms with Crippen LogP contribution in [0.5, 0.6) is 0 Å². The zero-order valence-corrected chi connectivity index (χ0v) is 15.7. The van der Waals surface area contributed by atoms with Crippen LogP contribution in [0.25, 0.3) is 0 Å². The van der Waals surface area contributed by atoms with Gasteiger partial charge in [0.2, 0.25) is 0 Å². The van der Waals surface area contributed by atoms with Gasteiger partial charge in [0.1, 0.15) is 5.69 Å². The van der Waals surface area contributed by atoms with Crippen LogP contribution in [0.1, 0.15) is 39.1 Å². The highest BCUT2D eigenvalue weighted by atomic mass is 16.6. The number of aryl methyl sites for hydroxylation is 1. The van der Waals surface area contributed by atoms with Crippen molar-refractivity contribution in [3.05, 3.63) is 63.2 Å². The normalized spacial score (nSPS) is 13.3. The Morgan fingerprint density at radius 2 is 1.79 bits per heavy atom. The molecule has 2 aromatic rings. The van der Waals surface area contributed by atoms with E-state index in [-0.39, 0.29) is 11.3 Å². The van der Waals surface area contributed by atoms with E-state index in [9.17, 15) is 19.7 Å². The summed E-state index contributed by atoms with van der Waals surface area (Å²) in [5.74, 6) is -0.918.